The van der Waals surface area contributed by atoms with Crippen LogP contribution in [0.4, 0.5) is 15.8 Å². The fraction of sp³-hybridized carbons (Fsp3) is 0.533. The summed E-state index contributed by atoms with van der Waals surface area (Å²) in [6, 6.07) is 2.67. The normalized spacial score (nSPS) is 10.7. The number of esters is 1. The Labute approximate surface area is 119 Å². The van der Waals surface area contributed by atoms with Gasteiger partial charge in [-0.25, -0.2) is 9.18 Å². The van der Waals surface area contributed by atoms with E-state index in [1.807, 2.05) is 11.8 Å². The number of ether oxygens (including phenoxy) is 1. The van der Waals surface area contributed by atoms with Crippen LogP contribution in [0.25, 0.3) is 0 Å². The Morgan fingerprint density at radius 2 is 2.05 bits per heavy atom. The number of carbonyl (C=O) groups excluding carboxylic acids is 1. The first-order chi connectivity index (χ1) is 9.40. The van der Waals surface area contributed by atoms with Crippen LogP contribution in [-0.4, -0.2) is 25.7 Å². The maximum atomic E-state index is 14.1. The average Bonchev–Trinajstić information content (AvgIpc) is 2.36. The number of carbonyl (C=O) groups is 1. The number of hydrogen-bond acceptors (Lipinski definition) is 4. The summed E-state index contributed by atoms with van der Waals surface area (Å²) in [5, 5.41) is 0. The van der Waals surface area contributed by atoms with Gasteiger partial charge < -0.3 is 15.4 Å². The molecule has 0 fully saturated rings. The molecule has 0 saturated carbocycles. The summed E-state index contributed by atoms with van der Waals surface area (Å²) in [5.41, 5.74) is 6.41. The molecule has 112 valence electrons. The third-order valence-corrected chi connectivity index (χ3v) is 2.92. The average molecular weight is 282 g/mol. The van der Waals surface area contributed by atoms with Gasteiger partial charge in [0.2, 0.25) is 0 Å². The molecule has 0 bridgehead atoms. The van der Waals surface area contributed by atoms with E-state index >= 15 is 0 Å². The van der Waals surface area contributed by atoms with Gasteiger partial charge in [0.25, 0.3) is 0 Å². The molecule has 0 amide bonds. The van der Waals surface area contributed by atoms with Gasteiger partial charge in [0.15, 0.2) is 0 Å². The van der Waals surface area contributed by atoms with Crippen molar-refractivity contribution in [1.82, 2.24) is 0 Å². The third kappa shape index (κ3) is 3.85. The highest BCUT2D eigenvalue weighted by Gasteiger charge is 2.18. The molecule has 0 unspecified atom stereocenters. The van der Waals surface area contributed by atoms with Crippen LogP contribution in [0.2, 0.25) is 0 Å². The monoisotopic (exact) mass is 282 g/mol. The van der Waals surface area contributed by atoms with Gasteiger partial charge in [-0.3, -0.25) is 0 Å². The number of hydrogen-bond donors (Lipinski definition) is 1. The lowest BCUT2D eigenvalue weighted by molar-refractivity contribution is 0.0527. The minimum Gasteiger partial charge on any atom is -0.462 e. The second-order valence-corrected chi connectivity index (χ2v) is 5.04. The second kappa shape index (κ2) is 7.12. The molecule has 2 N–H and O–H groups in total. The molecule has 0 radical (unpaired) electrons. The molecule has 0 aromatic heterocycles. The van der Waals surface area contributed by atoms with Crippen molar-refractivity contribution < 1.29 is 13.9 Å². The van der Waals surface area contributed by atoms with E-state index in [2.05, 4.69) is 13.8 Å². The summed E-state index contributed by atoms with van der Waals surface area (Å²) in [7, 11) is 0. The Morgan fingerprint density at radius 1 is 1.40 bits per heavy atom. The van der Waals surface area contributed by atoms with Gasteiger partial charge in [0, 0.05) is 18.8 Å². The van der Waals surface area contributed by atoms with Gasteiger partial charge >= 0.3 is 5.97 Å². The molecular weight excluding hydrogens is 259 g/mol. The maximum Gasteiger partial charge on any atom is 0.340 e. The number of anilines is 2. The van der Waals surface area contributed by atoms with E-state index in [0.717, 1.165) is 0 Å². The molecule has 0 saturated heterocycles. The van der Waals surface area contributed by atoms with Crippen molar-refractivity contribution in [3.8, 4) is 0 Å². The SMILES string of the molecule is CCOC(=O)c1cc(N(CC)CC(C)C)c(F)cc1N. The lowest BCUT2D eigenvalue weighted by atomic mass is 10.1. The minimum absolute atomic E-state index is 0.102. The van der Waals surface area contributed by atoms with Gasteiger partial charge in [0.05, 0.1) is 17.9 Å². The van der Waals surface area contributed by atoms with Gasteiger partial charge in [0.1, 0.15) is 5.82 Å². The van der Waals surface area contributed by atoms with E-state index in [9.17, 15) is 9.18 Å². The third-order valence-electron chi connectivity index (χ3n) is 2.92. The molecule has 0 aliphatic rings. The largest absolute Gasteiger partial charge is 0.462 e. The van der Waals surface area contributed by atoms with E-state index < -0.39 is 11.8 Å². The topological polar surface area (TPSA) is 55.6 Å². The summed E-state index contributed by atoms with van der Waals surface area (Å²) in [5.74, 6) is -0.553. The van der Waals surface area contributed by atoms with Crippen LogP contribution in [0.15, 0.2) is 12.1 Å². The smallest absolute Gasteiger partial charge is 0.340 e. The number of nitrogens with zero attached hydrogens (tertiary/aromatic N) is 1. The lowest BCUT2D eigenvalue weighted by Gasteiger charge is -2.26. The van der Waals surface area contributed by atoms with E-state index in [0.29, 0.717) is 24.7 Å². The van der Waals surface area contributed by atoms with Gasteiger partial charge in [-0.05, 0) is 31.9 Å². The number of nitrogen functional groups attached to an aromatic ring is 1. The van der Waals surface area contributed by atoms with Crippen molar-refractivity contribution in [1.29, 1.82) is 0 Å². The predicted octanol–water partition coefficient (Wildman–Crippen LogP) is 3.07. The number of benzene rings is 1. The zero-order chi connectivity index (χ0) is 15.3. The first-order valence-corrected chi connectivity index (χ1v) is 6.91. The molecule has 1 aromatic carbocycles. The summed E-state index contributed by atoms with van der Waals surface area (Å²) in [6.07, 6.45) is 0. The molecule has 0 aliphatic carbocycles. The molecule has 1 rings (SSSR count). The fourth-order valence-electron chi connectivity index (χ4n) is 2.04. The van der Waals surface area contributed by atoms with Crippen molar-refractivity contribution in [3.63, 3.8) is 0 Å². The standard InChI is InChI=1S/C15H23FN2O2/c1-5-18(9-10(3)4)14-7-11(15(19)20-6-2)13(17)8-12(14)16/h7-8,10H,5-6,9,17H2,1-4H3. The van der Waals surface area contributed by atoms with Crippen molar-refractivity contribution in [3.05, 3.63) is 23.5 Å². The molecule has 0 spiro atoms. The number of rotatable bonds is 6. The van der Waals surface area contributed by atoms with E-state index in [1.54, 1.807) is 6.92 Å². The molecule has 20 heavy (non-hydrogen) atoms. The summed E-state index contributed by atoms with van der Waals surface area (Å²) < 4.78 is 19.0. The van der Waals surface area contributed by atoms with E-state index in [-0.39, 0.29) is 17.9 Å². The Hall–Kier alpha value is -1.78. The highest BCUT2D eigenvalue weighted by molar-refractivity contribution is 5.96. The van der Waals surface area contributed by atoms with E-state index in [4.69, 9.17) is 10.5 Å². The molecule has 1 aromatic rings. The highest BCUT2D eigenvalue weighted by atomic mass is 19.1. The van der Waals surface area contributed by atoms with Crippen molar-refractivity contribution in [2.75, 3.05) is 30.3 Å². The van der Waals surface area contributed by atoms with Crippen molar-refractivity contribution >= 4 is 17.3 Å². The Balaban J connectivity index is 3.19. The highest BCUT2D eigenvalue weighted by Crippen LogP contribution is 2.26. The molecule has 4 nitrogen and oxygen atoms in total. The van der Waals surface area contributed by atoms with Crippen molar-refractivity contribution in [2.45, 2.75) is 27.7 Å². The van der Waals surface area contributed by atoms with Gasteiger partial charge in [-0.15, -0.1) is 0 Å². The molecule has 0 aliphatic heterocycles. The molecular formula is C15H23FN2O2. The van der Waals surface area contributed by atoms with E-state index in [1.165, 1.54) is 12.1 Å². The zero-order valence-corrected chi connectivity index (χ0v) is 12.6. The van der Waals surface area contributed by atoms with Crippen LogP contribution in [0, 0.1) is 11.7 Å². The predicted molar refractivity (Wildman–Crippen MR) is 79.5 cm³/mol. The van der Waals surface area contributed by atoms with Gasteiger partial charge in [-0.2, -0.15) is 0 Å². The lowest BCUT2D eigenvalue weighted by Crippen LogP contribution is -2.28. The second-order valence-electron chi connectivity index (χ2n) is 5.04. The fourth-order valence-corrected chi connectivity index (χ4v) is 2.04. The summed E-state index contributed by atoms with van der Waals surface area (Å²) in [6.45, 7) is 9.40. The van der Waals surface area contributed by atoms with Crippen LogP contribution in [-0.2, 0) is 4.74 Å². The molecule has 0 atom stereocenters. The molecule has 0 heterocycles. The zero-order valence-electron chi connectivity index (χ0n) is 12.6. The first kappa shape index (κ1) is 16.3. The van der Waals surface area contributed by atoms with Crippen LogP contribution in [0.5, 0.6) is 0 Å². The quantitative estimate of drug-likeness (QED) is 0.643. The maximum absolute atomic E-state index is 14.1. The summed E-state index contributed by atoms with van der Waals surface area (Å²) in [4.78, 5) is 13.7. The summed E-state index contributed by atoms with van der Waals surface area (Å²) >= 11 is 0. The Morgan fingerprint density at radius 3 is 2.55 bits per heavy atom. The van der Waals surface area contributed by atoms with Crippen molar-refractivity contribution in [2.24, 2.45) is 5.92 Å². The molecule has 5 heteroatoms. The Bertz CT molecular complexity index is 475. The van der Waals surface area contributed by atoms with Crippen LogP contribution >= 0.6 is 0 Å². The minimum atomic E-state index is -0.521. The van der Waals surface area contributed by atoms with Crippen LogP contribution in [0.1, 0.15) is 38.1 Å². The number of nitrogens with two attached hydrogens (primary N) is 1. The van der Waals surface area contributed by atoms with Crippen LogP contribution < -0.4 is 10.6 Å². The Kier molecular flexibility index (Phi) is 5.80. The van der Waals surface area contributed by atoms with Crippen LogP contribution in [0.3, 0.4) is 0 Å². The number of halogens is 1. The first-order valence-electron chi connectivity index (χ1n) is 6.91. The van der Waals surface area contributed by atoms with Gasteiger partial charge in [-0.1, -0.05) is 13.8 Å².